The molecule has 108 valence electrons. The largest absolute Gasteiger partial charge is 0.481 e. The number of methoxy groups -OCH3 is 1. The van der Waals surface area contributed by atoms with Gasteiger partial charge in [0.05, 0.1) is 17.6 Å². The molecule has 20 heavy (non-hydrogen) atoms. The van der Waals surface area contributed by atoms with Crippen molar-refractivity contribution in [1.29, 1.82) is 0 Å². The summed E-state index contributed by atoms with van der Waals surface area (Å²) in [4.78, 5) is 26.1. The number of ether oxygens (including phenoxy) is 2. The molecule has 7 heteroatoms. The number of aromatic nitrogens is 1. The zero-order valence-electron chi connectivity index (χ0n) is 11.8. The van der Waals surface area contributed by atoms with E-state index < -0.39 is 16.5 Å². The van der Waals surface area contributed by atoms with Gasteiger partial charge < -0.3 is 9.47 Å². The van der Waals surface area contributed by atoms with Crippen LogP contribution in [0.4, 0.5) is 5.69 Å². The van der Waals surface area contributed by atoms with Crippen LogP contribution in [0.15, 0.2) is 18.7 Å². The van der Waals surface area contributed by atoms with Crippen molar-refractivity contribution >= 4 is 17.2 Å². The summed E-state index contributed by atoms with van der Waals surface area (Å²) in [5.41, 5.74) is -1.41. The molecule has 0 spiro atoms. The Morgan fingerprint density at radius 2 is 2.00 bits per heavy atom. The van der Waals surface area contributed by atoms with Crippen molar-refractivity contribution in [3.8, 4) is 5.88 Å². The fraction of sp³-hybridized carbons (Fsp3) is 0.385. The van der Waals surface area contributed by atoms with Crippen molar-refractivity contribution in [1.82, 2.24) is 4.98 Å². The zero-order valence-corrected chi connectivity index (χ0v) is 11.8. The number of hydrogen-bond donors (Lipinski definition) is 0. The maximum atomic E-state index is 11.9. The van der Waals surface area contributed by atoms with Crippen LogP contribution in [0.5, 0.6) is 5.88 Å². The molecule has 1 aromatic rings. The van der Waals surface area contributed by atoms with Gasteiger partial charge in [-0.2, -0.15) is 0 Å². The average molecular weight is 280 g/mol. The fourth-order valence-corrected chi connectivity index (χ4v) is 1.35. The van der Waals surface area contributed by atoms with Crippen molar-refractivity contribution in [2.24, 2.45) is 0 Å². The summed E-state index contributed by atoms with van der Waals surface area (Å²) in [7, 11) is 1.37. The average Bonchev–Trinajstić information content (AvgIpc) is 2.34. The molecule has 0 aliphatic heterocycles. The highest BCUT2D eigenvalue weighted by Crippen LogP contribution is 2.27. The maximum Gasteiger partial charge on any atom is 0.340 e. The van der Waals surface area contributed by atoms with Gasteiger partial charge in [0.25, 0.3) is 5.69 Å². The van der Waals surface area contributed by atoms with Gasteiger partial charge in [0.1, 0.15) is 5.60 Å². The van der Waals surface area contributed by atoms with E-state index in [1.165, 1.54) is 19.2 Å². The van der Waals surface area contributed by atoms with Gasteiger partial charge >= 0.3 is 5.97 Å². The van der Waals surface area contributed by atoms with E-state index >= 15 is 0 Å². The standard InChI is InChI=1S/C13H16N2O5/c1-8(12(16)20-13(2,3)4)11-9(15(17)18)6-7-10(14-11)19-5/h6-7H,1H2,2-5H3. The SMILES string of the molecule is C=C(C(=O)OC(C)(C)C)c1nc(OC)ccc1[N+](=O)[O-]. The van der Waals surface area contributed by atoms with Gasteiger partial charge in [0.15, 0.2) is 5.69 Å². The Balaban J connectivity index is 3.19. The summed E-state index contributed by atoms with van der Waals surface area (Å²) in [6.45, 7) is 8.59. The quantitative estimate of drug-likeness (QED) is 0.364. The first-order valence-electron chi connectivity index (χ1n) is 5.77. The second-order valence-corrected chi connectivity index (χ2v) is 4.96. The molecule has 7 nitrogen and oxygen atoms in total. The molecule has 0 N–H and O–H groups in total. The Labute approximate surface area is 116 Å². The van der Waals surface area contributed by atoms with Gasteiger partial charge in [-0.15, -0.1) is 0 Å². The summed E-state index contributed by atoms with van der Waals surface area (Å²) in [5, 5.41) is 11.0. The summed E-state index contributed by atoms with van der Waals surface area (Å²) in [5.74, 6) is -0.614. The highest BCUT2D eigenvalue weighted by atomic mass is 16.6. The lowest BCUT2D eigenvalue weighted by atomic mass is 10.1. The third-order valence-electron chi connectivity index (χ3n) is 2.19. The van der Waals surface area contributed by atoms with Crippen LogP contribution in [-0.2, 0) is 9.53 Å². The predicted molar refractivity (Wildman–Crippen MR) is 72.3 cm³/mol. The van der Waals surface area contributed by atoms with E-state index in [0.717, 1.165) is 0 Å². The van der Waals surface area contributed by atoms with Gasteiger partial charge in [0.2, 0.25) is 5.88 Å². The van der Waals surface area contributed by atoms with Crippen LogP contribution in [0.1, 0.15) is 26.5 Å². The van der Waals surface area contributed by atoms with E-state index in [0.29, 0.717) is 0 Å². The number of carbonyl (C=O) groups excluding carboxylic acids is 1. The molecule has 1 heterocycles. The first-order chi connectivity index (χ1) is 9.15. The maximum absolute atomic E-state index is 11.9. The van der Waals surface area contributed by atoms with E-state index in [1.54, 1.807) is 20.8 Å². The van der Waals surface area contributed by atoms with Crippen LogP contribution >= 0.6 is 0 Å². The second kappa shape index (κ2) is 5.68. The Morgan fingerprint density at radius 3 is 2.45 bits per heavy atom. The predicted octanol–water partition coefficient (Wildman–Crippen LogP) is 2.35. The molecule has 0 saturated carbocycles. The summed E-state index contributed by atoms with van der Waals surface area (Å²) in [6, 6.07) is 2.54. The highest BCUT2D eigenvalue weighted by molar-refractivity contribution is 6.16. The van der Waals surface area contributed by atoms with E-state index in [-0.39, 0.29) is 22.8 Å². The number of esters is 1. The molecule has 0 saturated heterocycles. The van der Waals surface area contributed by atoms with Crippen LogP contribution in [0.2, 0.25) is 0 Å². The van der Waals surface area contributed by atoms with E-state index in [4.69, 9.17) is 9.47 Å². The van der Waals surface area contributed by atoms with Gasteiger partial charge in [-0.1, -0.05) is 6.58 Å². The molecule has 0 aliphatic carbocycles. The molecular weight excluding hydrogens is 264 g/mol. The lowest BCUT2D eigenvalue weighted by Crippen LogP contribution is -2.24. The van der Waals surface area contributed by atoms with Crippen LogP contribution in [0.25, 0.3) is 5.57 Å². The van der Waals surface area contributed by atoms with E-state index in [1.807, 2.05) is 0 Å². The number of rotatable bonds is 4. The Hall–Kier alpha value is -2.44. The van der Waals surface area contributed by atoms with Gasteiger partial charge in [0, 0.05) is 12.1 Å². The minimum absolute atomic E-state index is 0.148. The minimum Gasteiger partial charge on any atom is -0.481 e. The first-order valence-corrected chi connectivity index (χ1v) is 5.77. The van der Waals surface area contributed by atoms with Crippen LogP contribution < -0.4 is 4.74 Å². The fourth-order valence-electron chi connectivity index (χ4n) is 1.35. The third-order valence-corrected chi connectivity index (χ3v) is 2.19. The van der Waals surface area contributed by atoms with E-state index in [9.17, 15) is 14.9 Å². The normalized spacial score (nSPS) is 10.8. The lowest BCUT2D eigenvalue weighted by Gasteiger charge is -2.20. The topological polar surface area (TPSA) is 91.6 Å². The molecule has 0 radical (unpaired) electrons. The van der Waals surface area contributed by atoms with Crippen molar-refractivity contribution < 1.29 is 19.2 Å². The molecule has 0 bridgehead atoms. The monoisotopic (exact) mass is 280 g/mol. The number of pyridine rings is 1. The molecule has 0 aromatic carbocycles. The zero-order chi connectivity index (χ0) is 15.5. The first kappa shape index (κ1) is 15.6. The third kappa shape index (κ3) is 3.78. The van der Waals surface area contributed by atoms with Gasteiger partial charge in [-0.3, -0.25) is 10.1 Å². The van der Waals surface area contributed by atoms with Crippen LogP contribution in [-0.4, -0.2) is 28.6 Å². The molecule has 0 fully saturated rings. The molecule has 0 aliphatic rings. The molecule has 1 rings (SSSR count). The number of carbonyl (C=O) groups is 1. The lowest BCUT2D eigenvalue weighted by molar-refractivity contribution is -0.385. The Bertz CT molecular complexity index is 560. The molecular formula is C13H16N2O5. The minimum atomic E-state index is -0.763. The summed E-state index contributed by atoms with van der Waals surface area (Å²) in [6.07, 6.45) is 0. The molecule has 0 atom stereocenters. The summed E-state index contributed by atoms with van der Waals surface area (Å²) < 4.78 is 10.0. The number of hydrogen-bond acceptors (Lipinski definition) is 6. The van der Waals surface area contributed by atoms with Gasteiger partial charge in [-0.05, 0) is 20.8 Å². The van der Waals surface area contributed by atoms with Crippen molar-refractivity contribution in [3.05, 3.63) is 34.5 Å². The van der Waals surface area contributed by atoms with Crippen molar-refractivity contribution in [3.63, 3.8) is 0 Å². The van der Waals surface area contributed by atoms with Gasteiger partial charge in [-0.25, -0.2) is 9.78 Å². The Kier molecular flexibility index (Phi) is 4.44. The summed E-state index contributed by atoms with van der Waals surface area (Å²) >= 11 is 0. The molecule has 0 unspecified atom stereocenters. The van der Waals surface area contributed by atoms with E-state index in [2.05, 4.69) is 11.6 Å². The van der Waals surface area contributed by atoms with Crippen LogP contribution in [0, 0.1) is 10.1 Å². The second-order valence-electron chi connectivity index (χ2n) is 4.96. The van der Waals surface area contributed by atoms with Crippen molar-refractivity contribution in [2.75, 3.05) is 7.11 Å². The number of nitro groups is 1. The molecule has 0 amide bonds. The molecule has 1 aromatic heterocycles. The van der Waals surface area contributed by atoms with Crippen LogP contribution in [0.3, 0.4) is 0 Å². The highest BCUT2D eigenvalue weighted by Gasteiger charge is 2.26. The smallest absolute Gasteiger partial charge is 0.340 e. The van der Waals surface area contributed by atoms with Crippen molar-refractivity contribution in [2.45, 2.75) is 26.4 Å². The number of nitrogens with zero attached hydrogens (tertiary/aromatic N) is 2. The Morgan fingerprint density at radius 1 is 1.40 bits per heavy atom.